The van der Waals surface area contributed by atoms with Crippen LogP contribution in [0.3, 0.4) is 0 Å². The summed E-state index contributed by atoms with van der Waals surface area (Å²) >= 11 is 5.86. The van der Waals surface area contributed by atoms with Crippen molar-refractivity contribution in [3.05, 3.63) is 75.2 Å². The fourth-order valence-corrected chi connectivity index (χ4v) is 3.29. The lowest BCUT2D eigenvalue weighted by atomic mass is 10.1. The molecule has 1 aromatic heterocycles. The number of hydrogen-bond donors (Lipinski definition) is 0. The number of unbranched alkanes of at least 4 members (excludes halogenated alkanes) is 2. The second-order valence-electron chi connectivity index (χ2n) is 7.05. The Morgan fingerprint density at radius 2 is 1.73 bits per heavy atom. The quantitative estimate of drug-likeness (QED) is 0.297. The third-order valence-electron chi connectivity index (χ3n) is 4.82. The van der Waals surface area contributed by atoms with E-state index in [1.165, 1.54) is 11.6 Å². The zero-order valence-electron chi connectivity index (χ0n) is 16.9. The Balaban J connectivity index is 1.89. The van der Waals surface area contributed by atoms with Gasteiger partial charge in [0.25, 0.3) is 5.56 Å². The number of rotatable bonds is 8. The third-order valence-corrected chi connectivity index (χ3v) is 5.07. The van der Waals surface area contributed by atoms with Gasteiger partial charge in [0.1, 0.15) is 0 Å². The van der Waals surface area contributed by atoms with E-state index in [4.69, 9.17) is 16.3 Å². The molecule has 0 radical (unpaired) electrons. The van der Waals surface area contributed by atoms with Crippen molar-refractivity contribution in [1.82, 2.24) is 9.78 Å². The van der Waals surface area contributed by atoms with Crippen molar-refractivity contribution in [2.45, 2.75) is 45.8 Å². The van der Waals surface area contributed by atoms with Crippen molar-refractivity contribution in [2.24, 2.45) is 0 Å². The van der Waals surface area contributed by atoms with E-state index in [0.717, 1.165) is 19.3 Å². The molecule has 1 atom stereocenters. The molecule has 0 aliphatic carbocycles. The van der Waals surface area contributed by atoms with Gasteiger partial charge in [-0.1, -0.05) is 49.6 Å². The highest BCUT2D eigenvalue weighted by molar-refractivity contribution is 6.30. The lowest BCUT2D eigenvalue weighted by molar-refractivity contribution is 0.0313. The van der Waals surface area contributed by atoms with E-state index in [1.54, 1.807) is 48.5 Å². The first-order valence-corrected chi connectivity index (χ1v) is 10.3. The Morgan fingerprint density at radius 3 is 2.40 bits per heavy atom. The van der Waals surface area contributed by atoms with Gasteiger partial charge in [-0.15, -0.1) is 0 Å². The number of nitrogens with zero attached hydrogens (tertiary/aromatic N) is 2. The molecule has 0 aliphatic heterocycles. The van der Waals surface area contributed by atoms with Crippen molar-refractivity contribution < 1.29 is 14.3 Å². The maximum absolute atomic E-state index is 12.9. The van der Waals surface area contributed by atoms with Gasteiger partial charge in [0.05, 0.1) is 5.39 Å². The molecule has 2 aromatic carbocycles. The standard InChI is InChI=1S/C23H23ClN2O4/c1-3-4-7-14-26-22(28)19-9-6-5-8-18(19)20(25-26)23(29)30-15(2)21(27)16-10-12-17(24)13-11-16/h5-6,8-13,15H,3-4,7,14H2,1-2H3. The fraction of sp³-hybridized carbons (Fsp3) is 0.304. The van der Waals surface area contributed by atoms with E-state index < -0.39 is 12.1 Å². The summed E-state index contributed by atoms with van der Waals surface area (Å²) in [6.07, 6.45) is 1.72. The number of carbonyl (C=O) groups excluding carboxylic acids is 2. The molecular formula is C23H23ClN2O4. The molecule has 3 aromatic rings. The van der Waals surface area contributed by atoms with E-state index in [9.17, 15) is 14.4 Å². The number of fused-ring (bicyclic) bond motifs is 1. The normalized spacial score (nSPS) is 12.0. The van der Waals surface area contributed by atoms with Crippen molar-refractivity contribution in [1.29, 1.82) is 0 Å². The molecule has 7 heteroatoms. The van der Waals surface area contributed by atoms with E-state index in [2.05, 4.69) is 12.0 Å². The topological polar surface area (TPSA) is 78.3 Å². The van der Waals surface area contributed by atoms with Gasteiger partial charge in [0.15, 0.2) is 11.8 Å². The zero-order chi connectivity index (χ0) is 21.7. The van der Waals surface area contributed by atoms with Crippen LogP contribution in [0.4, 0.5) is 0 Å². The average Bonchev–Trinajstić information content (AvgIpc) is 2.75. The maximum Gasteiger partial charge on any atom is 0.360 e. The molecule has 1 unspecified atom stereocenters. The molecule has 0 N–H and O–H groups in total. The number of aryl methyl sites for hydroxylation is 1. The SMILES string of the molecule is CCCCCn1nc(C(=O)OC(C)C(=O)c2ccc(Cl)cc2)c2ccccc2c1=O. The van der Waals surface area contributed by atoms with Gasteiger partial charge in [-0.25, -0.2) is 9.48 Å². The molecule has 3 rings (SSSR count). The summed E-state index contributed by atoms with van der Waals surface area (Å²) in [6.45, 7) is 3.99. The molecule has 0 amide bonds. The van der Waals surface area contributed by atoms with Crippen LogP contribution >= 0.6 is 11.6 Å². The summed E-state index contributed by atoms with van der Waals surface area (Å²) in [5.74, 6) is -1.09. The number of ether oxygens (including phenoxy) is 1. The highest BCUT2D eigenvalue weighted by Crippen LogP contribution is 2.17. The molecular weight excluding hydrogens is 404 g/mol. The van der Waals surface area contributed by atoms with E-state index in [1.807, 2.05) is 0 Å². The number of ketones is 1. The van der Waals surface area contributed by atoms with Crippen molar-refractivity contribution in [3.8, 4) is 0 Å². The Morgan fingerprint density at radius 1 is 1.07 bits per heavy atom. The van der Waals surface area contributed by atoms with Crippen LogP contribution in [0.5, 0.6) is 0 Å². The van der Waals surface area contributed by atoms with Crippen LogP contribution in [-0.2, 0) is 11.3 Å². The first kappa shape index (κ1) is 21.7. The Kier molecular flexibility index (Phi) is 7.00. The molecule has 156 valence electrons. The lowest BCUT2D eigenvalue weighted by Crippen LogP contribution is -2.29. The Labute approximate surface area is 179 Å². The molecule has 0 bridgehead atoms. The van der Waals surface area contributed by atoms with Gasteiger partial charge in [-0.05, 0) is 43.7 Å². The molecule has 0 fully saturated rings. The number of benzene rings is 2. The van der Waals surface area contributed by atoms with Crippen LogP contribution in [0.15, 0.2) is 53.3 Å². The van der Waals surface area contributed by atoms with Gasteiger partial charge in [-0.3, -0.25) is 9.59 Å². The van der Waals surface area contributed by atoms with Crippen LogP contribution in [0.2, 0.25) is 5.02 Å². The van der Waals surface area contributed by atoms with Crippen LogP contribution in [0.1, 0.15) is 54.0 Å². The van der Waals surface area contributed by atoms with E-state index >= 15 is 0 Å². The summed E-state index contributed by atoms with van der Waals surface area (Å²) in [7, 11) is 0. The molecule has 30 heavy (non-hydrogen) atoms. The number of aromatic nitrogens is 2. The molecule has 0 spiro atoms. The second kappa shape index (κ2) is 9.67. The minimum atomic E-state index is -1.01. The third kappa shape index (κ3) is 4.76. The van der Waals surface area contributed by atoms with Crippen LogP contribution in [0, 0.1) is 0 Å². The number of halogens is 1. The van der Waals surface area contributed by atoms with Gasteiger partial charge in [-0.2, -0.15) is 5.10 Å². The second-order valence-corrected chi connectivity index (χ2v) is 7.48. The van der Waals surface area contributed by atoms with Gasteiger partial charge < -0.3 is 4.74 Å². The van der Waals surface area contributed by atoms with Crippen LogP contribution in [-0.4, -0.2) is 27.6 Å². The average molecular weight is 427 g/mol. The van der Waals surface area contributed by atoms with Crippen molar-refractivity contribution in [2.75, 3.05) is 0 Å². The summed E-state index contributed by atoms with van der Waals surface area (Å²) in [4.78, 5) is 38.2. The number of esters is 1. The van der Waals surface area contributed by atoms with Crippen molar-refractivity contribution >= 4 is 34.1 Å². The summed E-state index contributed by atoms with van der Waals surface area (Å²) in [5, 5.41) is 5.58. The first-order chi connectivity index (χ1) is 14.4. The zero-order valence-corrected chi connectivity index (χ0v) is 17.7. The van der Waals surface area contributed by atoms with E-state index in [-0.39, 0.29) is 17.0 Å². The minimum Gasteiger partial charge on any atom is -0.449 e. The smallest absolute Gasteiger partial charge is 0.360 e. The largest absolute Gasteiger partial charge is 0.449 e. The van der Waals surface area contributed by atoms with Gasteiger partial charge in [0, 0.05) is 22.5 Å². The summed E-state index contributed by atoms with van der Waals surface area (Å²) in [5.41, 5.74) is 0.169. The van der Waals surface area contributed by atoms with Gasteiger partial charge >= 0.3 is 5.97 Å². The van der Waals surface area contributed by atoms with Crippen LogP contribution in [0.25, 0.3) is 10.8 Å². The van der Waals surface area contributed by atoms with Gasteiger partial charge in [0.2, 0.25) is 5.78 Å². The molecule has 0 saturated carbocycles. The number of Topliss-reactive ketones (excluding diaryl/α,β-unsaturated/α-hetero) is 1. The predicted molar refractivity (Wildman–Crippen MR) is 116 cm³/mol. The van der Waals surface area contributed by atoms with Crippen molar-refractivity contribution in [3.63, 3.8) is 0 Å². The molecule has 0 saturated heterocycles. The highest BCUT2D eigenvalue weighted by Gasteiger charge is 2.24. The Hall–Kier alpha value is -2.99. The fourth-order valence-electron chi connectivity index (χ4n) is 3.17. The molecule has 6 nitrogen and oxygen atoms in total. The molecule has 0 aliphatic rings. The maximum atomic E-state index is 12.9. The highest BCUT2D eigenvalue weighted by atomic mass is 35.5. The summed E-state index contributed by atoms with van der Waals surface area (Å²) in [6, 6.07) is 13.1. The molecule has 1 heterocycles. The minimum absolute atomic E-state index is 0.0254. The van der Waals surface area contributed by atoms with E-state index in [0.29, 0.717) is 27.9 Å². The predicted octanol–water partition coefficient (Wildman–Crippen LogP) is 4.67. The monoisotopic (exact) mass is 426 g/mol. The van der Waals surface area contributed by atoms with Crippen LogP contribution < -0.4 is 5.56 Å². The Bertz CT molecular complexity index is 1120. The summed E-state index contributed by atoms with van der Waals surface area (Å²) < 4.78 is 6.72. The number of hydrogen-bond acceptors (Lipinski definition) is 5. The lowest BCUT2D eigenvalue weighted by Gasteiger charge is -2.14. The first-order valence-electron chi connectivity index (χ1n) is 9.93. The number of carbonyl (C=O) groups is 2.